The average molecular weight is 309 g/mol. The van der Waals surface area contributed by atoms with Gasteiger partial charge < -0.3 is 15.2 Å². The largest absolute Gasteiger partial charge is 0.493 e. The number of hydrogen-bond acceptors (Lipinski definition) is 4. The van der Waals surface area contributed by atoms with Crippen LogP contribution in [0.1, 0.15) is 18.4 Å². The maximum Gasteiger partial charge on any atom is 0.330 e. The van der Waals surface area contributed by atoms with Crippen molar-refractivity contribution in [2.75, 3.05) is 18.1 Å². The Morgan fingerprint density at radius 2 is 2.29 bits per heavy atom. The topological polar surface area (TPSA) is 75.6 Å². The van der Waals surface area contributed by atoms with E-state index in [0.717, 1.165) is 11.3 Å². The molecule has 114 valence electrons. The summed E-state index contributed by atoms with van der Waals surface area (Å²) in [5.41, 5.74) is -0.0183. The first kappa shape index (κ1) is 15.7. The summed E-state index contributed by atoms with van der Waals surface area (Å²) in [5.74, 6) is 0.652. The number of carboxylic acid groups (broad SMARTS) is 1. The molecule has 1 fully saturated rings. The molecule has 0 spiro atoms. The highest BCUT2D eigenvalue weighted by molar-refractivity contribution is 7.99. The maximum absolute atomic E-state index is 11.9. The predicted octanol–water partition coefficient (Wildman–Crippen LogP) is 1.84. The van der Waals surface area contributed by atoms with Gasteiger partial charge in [-0.2, -0.15) is 11.8 Å². The average Bonchev–Trinajstić information content (AvgIpc) is 2.88. The molecule has 1 aliphatic rings. The number of benzene rings is 1. The monoisotopic (exact) mass is 309 g/mol. The smallest absolute Gasteiger partial charge is 0.330 e. The number of hydrogen-bond donors (Lipinski definition) is 2. The SMILES string of the molecule is Cc1cccc(OCCC(=O)NC2(C(=O)O)CCSC2)c1. The van der Waals surface area contributed by atoms with E-state index in [1.165, 1.54) is 0 Å². The van der Waals surface area contributed by atoms with Gasteiger partial charge in [-0.05, 0) is 36.8 Å². The van der Waals surface area contributed by atoms with Crippen molar-refractivity contribution in [2.24, 2.45) is 0 Å². The van der Waals surface area contributed by atoms with Crippen LogP contribution in [0.4, 0.5) is 0 Å². The molecular formula is C15H19NO4S. The van der Waals surface area contributed by atoms with E-state index in [1.54, 1.807) is 11.8 Å². The van der Waals surface area contributed by atoms with E-state index >= 15 is 0 Å². The Kier molecular flexibility index (Phi) is 5.12. The Morgan fingerprint density at radius 3 is 2.90 bits per heavy atom. The number of carbonyl (C=O) groups is 2. The molecule has 1 aromatic carbocycles. The fourth-order valence-electron chi connectivity index (χ4n) is 2.18. The molecule has 1 amide bonds. The number of carboxylic acids is 1. The number of thioether (sulfide) groups is 1. The van der Waals surface area contributed by atoms with Gasteiger partial charge in [-0.1, -0.05) is 12.1 Å². The van der Waals surface area contributed by atoms with Crippen molar-refractivity contribution in [3.05, 3.63) is 29.8 Å². The molecule has 6 heteroatoms. The molecule has 1 heterocycles. The van der Waals surface area contributed by atoms with Crippen molar-refractivity contribution in [1.29, 1.82) is 0 Å². The molecule has 0 bridgehead atoms. The van der Waals surface area contributed by atoms with Gasteiger partial charge in [-0.25, -0.2) is 4.79 Å². The maximum atomic E-state index is 11.9. The number of amides is 1. The molecule has 0 aromatic heterocycles. The molecule has 1 aliphatic heterocycles. The highest BCUT2D eigenvalue weighted by Crippen LogP contribution is 2.28. The van der Waals surface area contributed by atoms with E-state index in [0.29, 0.717) is 17.9 Å². The zero-order chi connectivity index (χ0) is 15.3. The van der Waals surface area contributed by atoms with Crippen LogP contribution in [-0.4, -0.2) is 40.6 Å². The second-order valence-electron chi connectivity index (χ2n) is 5.15. The second-order valence-corrected chi connectivity index (χ2v) is 6.26. The third kappa shape index (κ3) is 4.14. The van der Waals surface area contributed by atoms with Gasteiger partial charge in [0.2, 0.25) is 5.91 Å². The summed E-state index contributed by atoms with van der Waals surface area (Å²) in [6, 6.07) is 7.58. The van der Waals surface area contributed by atoms with Gasteiger partial charge in [0, 0.05) is 5.75 Å². The minimum absolute atomic E-state index is 0.146. The lowest BCUT2D eigenvalue weighted by atomic mass is 9.99. The highest BCUT2D eigenvalue weighted by atomic mass is 32.2. The number of carbonyl (C=O) groups excluding carboxylic acids is 1. The van der Waals surface area contributed by atoms with Crippen LogP contribution < -0.4 is 10.1 Å². The van der Waals surface area contributed by atoms with E-state index in [2.05, 4.69) is 5.32 Å². The fraction of sp³-hybridized carbons (Fsp3) is 0.467. The first-order chi connectivity index (χ1) is 10.0. The van der Waals surface area contributed by atoms with Crippen molar-refractivity contribution >= 4 is 23.6 Å². The van der Waals surface area contributed by atoms with Gasteiger partial charge >= 0.3 is 5.97 Å². The predicted molar refractivity (Wildman–Crippen MR) is 81.7 cm³/mol. The first-order valence-corrected chi connectivity index (χ1v) is 7.99. The number of nitrogens with one attached hydrogen (secondary N) is 1. The van der Waals surface area contributed by atoms with E-state index in [9.17, 15) is 14.7 Å². The molecule has 21 heavy (non-hydrogen) atoms. The Bertz CT molecular complexity index is 526. The zero-order valence-electron chi connectivity index (χ0n) is 11.9. The Balaban J connectivity index is 1.81. The number of rotatable bonds is 6. The normalized spacial score (nSPS) is 21.0. The summed E-state index contributed by atoms with van der Waals surface area (Å²) in [7, 11) is 0. The van der Waals surface area contributed by atoms with Gasteiger partial charge in [0.05, 0.1) is 13.0 Å². The van der Waals surface area contributed by atoms with Crippen LogP contribution in [0.15, 0.2) is 24.3 Å². The van der Waals surface area contributed by atoms with Crippen LogP contribution in [0.2, 0.25) is 0 Å². The zero-order valence-corrected chi connectivity index (χ0v) is 12.7. The van der Waals surface area contributed by atoms with Gasteiger partial charge in [-0.3, -0.25) is 4.79 Å². The van der Waals surface area contributed by atoms with E-state index in [4.69, 9.17) is 4.74 Å². The molecule has 1 atom stereocenters. The molecule has 1 unspecified atom stereocenters. The molecule has 1 saturated heterocycles. The standard InChI is InChI=1S/C15H19NO4S/c1-11-3-2-4-12(9-11)20-7-5-13(17)16-15(14(18)19)6-8-21-10-15/h2-4,9H,5-8,10H2,1H3,(H,16,17)(H,18,19). The summed E-state index contributed by atoms with van der Waals surface area (Å²) in [4.78, 5) is 23.2. The molecule has 0 aliphatic carbocycles. The number of aliphatic carboxylic acids is 1. The van der Waals surface area contributed by atoms with Gasteiger partial charge in [-0.15, -0.1) is 0 Å². The summed E-state index contributed by atoms with van der Waals surface area (Å²) in [5, 5.41) is 11.9. The molecule has 5 nitrogen and oxygen atoms in total. The lowest BCUT2D eigenvalue weighted by Crippen LogP contribution is -2.54. The highest BCUT2D eigenvalue weighted by Gasteiger charge is 2.43. The molecule has 1 aromatic rings. The van der Waals surface area contributed by atoms with Crippen LogP contribution in [-0.2, 0) is 9.59 Å². The summed E-state index contributed by atoms with van der Waals surface area (Å²) in [6.07, 6.45) is 0.616. The molecule has 0 saturated carbocycles. The number of ether oxygens (including phenoxy) is 1. The Morgan fingerprint density at radius 1 is 1.48 bits per heavy atom. The van der Waals surface area contributed by atoms with Crippen LogP contribution in [0.3, 0.4) is 0 Å². The van der Waals surface area contributed by atoms with E-state index < -0.39 is 11.5 Å². The quantitative estimate of drug-likeness (QED) is 0.838. The first-order valence-electron chi connectivity index (χ1n) is 6.83. The van der Waals surface area contributed by atoms with Gasteiger partial charge in [0.15, 0.2) is 0 Å². The third-order valence-corrected chi connectivity index (χ3v) is 4.59. The van der Waals surface area contributed by atoms with Crippen molar-refractivity contribution in [3.8, 4) is 5.75 Å². The number of aryl methyl sites for hydroxylation is 1. The molecule has 0 radical (unpaired) electrons. The van der Waals surface area contributed by atoms with E-state index in [1.807, 2.05) is 31.2 Å². The summed E-state index contributed by atoms with van der Waals surface area (Å²) in [6.45, 7) is 2.20. The van der Waals surface area contributed by atoms with Crippen LogP contribution >= 0.6 is 11.8 Å². The van der Waals surface area contributed by atoms with Crippen molar-refractivity contribution in [2.45, 2.75) is 25.3 Å². The molecule has 2 N–H and O–H groups in total. The molecular weight excluding hydrogens is 290 g/mol. The second kappa shape index (κ2) is 6.85. The minimum Gasteiger partial charge on any atom is -0.493 e. The van der Waals surface area contributed by atoms with E-state index in [-0.39, 0.29) is 18.9 Å². The van der Waals surface area contributed by atoms with Crippen LogP contribution in [0, 0.1) is 6.92 Å². The minimum atomic E-state index is -1.11. The fourth-order valence-corrected chi connectivity index (χ4v) is 3.51. The lowest BCUT2D eigenvalue weighted by molar-refractivity contribution is -0.146. The van der Waals surface area contributed by atoms with Crippen molar-refractivity contribution < 1.29 is 19.4 Å². The van der Waals surface area contributed by atoms with Crippen molar-refractivity contribution in [1.82, 2.24) is 5.32 Å². The summed E-state index contributed by atoms with van der Waals surface area (Å²) < 4.78 is 5.50. The third-order valence-electron chi connectivity index (χ3n) is 3.40. The molecule has 2 rings (SSSR count). The lowest BCUT2D eigenvalue weighted by Gasteiger charge is -2.24. The van der Waals surface area contributed by atoms with Crippen LogP contribution in [0.5, 0.6) is 5.75 Å². The Labute approximate surface area is 128 Å². The van der Waals surface area contributed by atoms with Gasteiger partial charge in [0.1, 0.15) is 11.3 Å². The van der Waals surface area contributed by atoms with Gasteiger partial charge in [0.25, 0.3) is 0 Å². The van der Waals surface area contributed by atoms with Crippen molar-refractivity contribution in [3.63, 3.8) is 0 Å². The van der Waals surface area contributed by atoms with Crippen LogP contribution in [0.25, 0.3) is 0 Å². The summed E-state index contributed by atoms with van der Waals surface area (Å²) >= 11 is 1.55. The Hall–Kier alpha value is -1.69.